The van der Waals surface area contributed by atoms with Gasteiger partial charge in [0.05, 0.1) is 27.6 Å². The molecule has 0 unspecified atom stereocenters. The number of fused-ring (bicyclic) bond motifs is 1. The smallest absolute Gasteiger partial charge is 0.227 e. The summed E-state index contributed by atoms with van der Waals surface area (Å²) in [6.45, 7) is 2.52. The Morgan fingerprint density at radius 1 is 1.15 bits per heavy atom. The fraction of sp³-hybridized carbons (Fsp3) is 0.300. The van der Waals surface area contributed by atoms with Gasteiger partial charge in [0.1, 0.15) is 5.82 Å². The highest BCUT2D eigenvalue weighted by Gasteiger charge is 2.25. The Hall–Kier alpha value is -2.08. The molecule has 0 atom stereocenters. The second-order valence-corrected chi connectivity index (χ2v) is 7.68. The molecule has 1 aromatic heterocycles. The lowest BCUT2D eigenvalue weighted by Gasteiger charge is -2.30. The van der Waals surface area contributed by atoms with Crippen molar-refractivity contribution in [2.45, 2.75) is 19.4 Å². The lowest BCUT2D eigenvalue weighted by atomic mass is 9.96. The van der Waals surface area contributed by atoms with E-state index < -0.39 is 0 Å². The molecule has 7 heteroatoms. The number of nitrogens with one attached hydrogen (secondary N) is 2. The number of hydrogen-bond acceptors (Lipinski definition) is 3. The molecule has 2 heterocycles. The number of likely N-dealkylation sites (tertiary alicyclic amines) is 1. The van der Waals surface area contributed by atoms with Crippen LogP contribution < -0.4 is 5.32 Å². The largest absolute Gasteiger partial charge is 0.341 e. The van der Waals surface area contributed by atoms with E-state index in [4.69, 9.17) is 23.2 Å². The summed E-state index contributed by atoms with van der Waals surface area (Å²) in [4.78, 5) is 22.9. The predicted octanol–water partition coefficient (Wildman–Crippen LogP) is 4.72. The van der Waals surface area contributed by atoms with Crippen molar-refractivity contribution in [2.75, 3.05) is 18.4 Å². The minimum atomic E-state index is 0.00590. The molecule has 0 saturated carbocycles. The number of piperidine rings is 1. The van der Waals surface area contributed by atoms with Gasteiger partial charge in [-0.2, -0.15) is 0 Å². The number of amides is 1. The average Bonchev–Trinajstić information content (AvgIpc) is 3.07. The van der Waals surface area contributed by atoms with E-state index in [9.17, 15) is 4.79 Å². The predicted molar refractivity (Wildman–Crippen MR) is 109 cm³/mol. The maximum atomic E-state index is 12.5. The number of H-pyrrole nitrogens is 1. The summed E-state index contributed by atoms with van der Waals surface area (Å²) in [5.74, 6) is 1.01. The molecule has 1 fully saturated rings. The van der Waals surface area contributed by atoms with Crippen LogP contribution in [0.4, 0.5) is 5.69 Å². The molecule has 5 nitrogen and oxygen atoms in total. The number of aromatic amines is 1. The van der Waals surface area contributed by atoms with Crippen LogP contribution >= 0.6 is 23.2 Å². The van der Waals surface area contributed by atoms with Gasteiger partial charge in [-0.05, 0) is 56.3 Å². The van der Waals surface area contributed by atoms with Crippen LogP contribution in [-0.2, 0) is 11.3 Å². The number of anilines is 1. The second-order valence-electron chi connectivity index (χ2n) is 6.87. The van der Waals surface area contributed by atoms with Crippen LogP contribution in [0.3, 0.4) is 0 Å². The molecule has 0 aliphatic carbocycles. The number of aromatic nitrogens is 2. The molecule has 140 valence electrons. The summed E-state index contributed by atoms with van der Waals surface area (Å²) in [5, 5.41) is 3.86. The molecule has 0 spiro atoms. The first-order valence-corrected chi connectivity index (χ1v) is 9.76. The van der Waals surface area contributed by atoms with Crippen LogP contribution in [0.1, 0.15) is 18.7 Å². The van der Waals surface area contributed by atoms with Crippen LogP contribution in [0, 0.1) is 5.92 Å². The zero-order valence-corrected chi connectivity index (χ0v) is 16.2. The number of nitrogens with zero attached hydrogens (tertiary/aromatic N) is 2. The Bertz CT molecular complexity index is 931. The number of benzene rings is 2. The maximum Gasteiger partial charge on any atom is 0.227 e. The van der Waals surface area contributed by atoms with Crippen molar-refractivity contribution in [1.82, 2.24) is 14.9 Å². The SMILES string of the molecule is O=C(Nc1ccc(Cl)c(Cl)c1)C1CCN(Cc2nc3ccccc3[nH]2)CC1. The Balaban J connectivity index is 1.31. The second kappa shape index (κ2) is 7.89. The van der Waals surface area contributed by atoms with Crippen LogP contribution in [0.15, 0.2) is 42.5 Å². The fourth-order valence-electron chi connectivity index (χ4n) is 3.46. The zero-order chi connectivity index (χ0) is 18.8. The number of carbonyl (C=O) groups is 1. The topological polar surface area (TPSA) is 61.0 Å². The molecule has 1 saturated heterocycles. The summed E-state index contributed by atoms with van der Waals surface area (Å²) in [6, 6.07) is 13.2. The van der Waals surface area contributed by atoms with Crippen molar-refractivity contribution in [3.8, 4) is 0 Å². The number of para-hydroxylation sites is 2. The molecule has 4 rings (SSSR count). The van der Waals surface area contributed by atoms with E-state index in [1.807, 2.05) is 24.3 Å². The highest BCUT2D eigenvalue weighted by atomic mass is 35.5. The quantitative estimate of drug-likeness (QED) is 0.663. The molecular formula is C20H20Cl2N4O. The minimum Gasteiger partial charge on any atom is -0.341 e. The average molecular weight is 403 g/mol. The van der Waals surface area contributed by atoms with Crippen molar-refractivity contribution in [2.24, 2.45) is 5.92 Å². The normalized spacial score (nSPS) is 15.9. The molecule has 3 aromatic rings. The van der Waals surface area contributed by atoms with E-state index in [1.165, 1.54) is 0 Å². The Kier molecular flexibility index (Phi) is 5.34. The van der Waals surface area contributed by atoms with E-state index in [2.05, 4.69) is 20.2 Å². The van der Waals surface area contributed by atoms with E-state index >= 15 is 0 Å². The van der Waals surface area contributed by atoms with Gasteiger partial charge in [-0.1, -0.05) is 35.3 Å². The van der Waals surface area contributed by atoms with Gasteiger partial charge in [0.25, 0.3) is 0 Å². The molecule has 1 aliphatic heterocycles. The number of hydrogen-bond donors (Lipinski definition) is 2. The van der Waals surface area contributed by atoms with Gasteiger partial charge < -0.3 is 10.3 Å². The van der Waals surface area contributed by atoms with Crippen LogP contribution in [0.25, 0.3) is 11.0 Å². The van der Waals surface area contributed by atoms with Gasteiger partial charge in [0.15, 0.2) is 0 Å². The summed E-state index contributed by atoms with van der Waals surface area (Å²) < 4.78 is 0. The van der Waals surface area contributed by atoms with Crippen molar-refractivity contribution in [3.63, 3.8) is 0 Å². The van der Waals surface area contributed by atoms with Gasteiger partial charge >= 0.3 is 0 Å². The van der Waals surface area contributed by atoms with Gasteiger partial charge in [-0.25, -0.2) is 4.98 Å². The van der Waals surface area contributed by atoms with E-state index in [0.717, 1.165) is 49.3 Å². The summed E-state index contributed by atoms with van der Waals surface area (Å²) in [6.07, 6.45) is 1.65. The van der Waals surface area contributed by atoms with Crippen molar-refractivity contribution in [3.05, 3.63) is 58.3 Å². The number of rotatable bonds is 4. The molecule has 27 heavy (non-hydrogen) atoms. The zero-order valence-electron chi connectivity index (χ0n) is 14.7. The molecule has 2 aromatic carbocycles. The molecule has 0 radical (unpaired) electrons. The van der Waals surface area contributed by atoms with Crippen LogP contribution in [-0.4, -0.2) is 33.9 Å². The van der Waals surface area contributed by atoms with Crippen LogP contribution in [0.5, 0.6) is 0 Å². The lowest BCUT2D eigenvalue weighted by molar-refractivity contribution is -0.121. The molecule has 0 bridgehead atoms. The lowest BCUT2D eigenvalue weighted by Crippen LogP contribution is -2.38. The molecular weight excluding hydrogens is 383 g/mol. The van der Waals surface area contributed by atoms with Gasteiger partial charge in [0, 0.05) is 11.6 Å². The summed E-state index contributed by atoms with van der Waals surface area (Å²) >= 11 is 11.9. The monoisotopic (exact) mass is 402 g/mol. The van der Waals surface area contributed by atoms with Gasteiger partial charge in [-0.15, -0.1) is 0 Å². The number of halogens is 2. The maximum absolute atomic E-state index is 12.5. The highest BCUT2D eigenvalue weighted by molar-refractivity contribution is 6.42. The van der Waals surface area contributed by atoms with Crippen molar-refractivity contribution < 1.29 is 4.79 Å². The summed E-state index contributed by atoms with van der Waals surface area (Å²) in [5.41, 5.74) is 2.73. The van der Waals surface area contributed by atoms with E-state index in [-0.39, 0.29) is 11.8 Å². The third-order valence-electron chi connectivity index (χ3n) is 4.96. The van der Waals surface area contributed by atoms with E-state index in [0.29, 0.717) is 15.7 Å². The first-order chi connectivity index (χ1) is 13.1. The fourth-order valence-corrected chi connectivity index (χ4v) is 3.76. The van der Waals surface area contributed by atoms with Crippen LogP contribution in [0.2, 0.25) is 10.0 Å². The third kappa shape index (κ3) is 4.26. The standard InChI is InChI=1S/C20H20Cl2N4O/c21-15-6-5-14(11-16(15)22)23-20(27)13-7-9-26(10-8-13)12-19-24-17-3-1-2-4-18(17)25-19/h1-6,11,13H,7-10,12H2,(H,23,27)(H,24,25). The van der Waals surface area contributed by atoms with Gasteiger partial charge in [-0.3, -0.25) is 9.69 Å². The molecule has 1 amide bonds. The minimum absolute atomic E-state index is 0.00590. The Labute approximate surface area is 167 Å². The number of carbonyl (C=O) groups excluding carboxylic acids is 1. The Morgan fingerprint density at radius 2 is 1.93 bits per heavy atom. The molecule has 2 N–H and O–H groups in total. The molecule has 1 aliphatic rings. The van der Waals surface area contributed by atoms with Gasteiger partial charge in [0.2, 0.25) is 5.91 Å². The van der Waals surface area contributed by atoms with Crippen molar-refractivity contribution >= 4 is 45.8 Å². The number of imidazole rings is 1. The Morgan fingerprint density at radius 3 is 2.67 bits per heavy atom. The third-order valence-corrected chi connectivity index (χ3v) is 5.70. The van der Waals surface area contributed by atoms with E-state index in [1.54, 1.807) is 18.2 Å². The first-order valence-electron chi connectivity index (χ1n) is 9.00. The first kappa shape index (κ1) is 18.3. The highest BCUT2D eigenvalue weighted by Crippen LogP contribution is 2.26. The van der Waals surface area contributed by atoms with Crippen molar-refractivity contribution in [1.29, 1.82) is 0 Å². The summed E-state index contributed by atoms with van der Waals surface area (Å²) in [7, 11) is 0.